The zero-order valence-corrected chi connectivity index (χ0v) is 17.6. The number of aryl methyl sites for hydroxylation is 1. The standard InChI is InChI=1S/C19H24ClN5O5/c1-11(26)8-21-18-22-16-15(17(28)24(3)19(29)23(16)2)25(18)9-13(27)10-30-14-6-4-12(20)5-7-14/h4-7,11,13,26-27H,8-10H2,1-3H3,(H,21,22)/t11-,13+/m1/s1. The minimum Gasteiger partial charge on any atom is -0.491 e. The van der Waals surface area contributed by atoms with Crippen LogP contribution >= 0.6 is 11.6 Å². The summed E-state index contributed by atoms with van der Waals surface area (Å²) < 4.78 is 9.32. The maximum Gasteiger partial charge on any atom is 0.332 e. The van der Waals surface area contributed by atoms with Gasteiger partial charge in [-0.15, -0.1) is 0 Å². The Bertz CT molecular complexity index is 1150. The van der Waals surface area contributed by atoms with Gasteiger partial charge in [-0.25, -0.2) is 4.79 Å². The number of anilines is 1. The third kappa shape index (κ3) is 4.50. The van der Waals surface area contributed by atoms with Gasteiger partial charge in [0, 0.05) is 25.7 Å². The quantitative estimate of drug-likeness (QED) is 0.463. The molecule has 2 aromatic heterocycles. The second-order valence-corrected chi connectivity index (χ2v) is 7.51. The van der Waals surface area contributed by atoms with Gasteiger partial charge in [0.2, 0.25) is 5.95 Å². The van der Waals surface area contributed by atoms with Gasteiger partial charge in [-0.1, -0.05) is 11.6 Å². The van der Waals surface area contributed by atoms with E-state index in [1.807, 2.05) is 0 Å². The molecule has 0 amide bonds. The third-order valence-corrected chi connectivity index (χ3v) is 4.80. The number of aromatic nitrogens is 4. The molecule has 30 heavy (non-hydrogen) atoms. The van der Waals surface area contributed by atoms with Crippen LogP contribution in [0.5, 0.6) is 5.75 Å². The SMILES string of the molecule is C[C@@H](O)CNc1nc2c(c(=O)n(C)c(=O)n2C)n1C[C@H](O)COc1ccc(Cl)cc1. The number of hydrogen-bond donors (Lipinski definition) is 3. The van der Waals surface area contributed by atoms with E-state index >= 15 is 0 Å². The molecule has 0 bridgehead atoms. The van der Waals surface area contributed by atoms with Crippen LogP contribution in [0.15, 0.2) is 33.9 Å². The first-order valence-electron chi connectivity index (χ1n) is 9.33. The summed E-state index contributed by atoms with van der Waals surface area (Å²) in [7, 11) is 2.89. The summed E-state index contributed by atoms with van der Waals surface area (Å²) in [6, 6.07) is 6.72. The number of rotatable bonds is 8. The van der Waals surface area contributed by atoms with Crippen molar-refractivity contribution in [3.05, 3.63) is 50.1 Å². The number of aliphatic hydroxyl groups is 2. The summed E-state index contributed by atoms with van der Waals surface area (Å²) >= 11 is 5.85. The summed E-state index contributed by atoms with van der Waals surface area (Å²) in [5.74, 6) is 0.800. The van der Waals surface area contributed by atoms with E-state index in [1.165, 1.54) is 23.2 Å². The number of imidazole rings is 1. The Balaban J connectivity index is 1.93. The molecule has 0 aliphatic heterocycles. The number of nitrogens with one attached hydrogen (secondary N) is 1. The number of nitrogens with zero attached hydrogens (tertiary/aromatic N) is 4. The molecule has 2 atom stereocenters. The Labute approximate surface area is 176 Å². The Hall–Kier alpha value is -2.82. The Morgan fingerprint density at radius 3 is 2.47 bits per heavy atom. The van der Waals surface area contributed by atoms with Crippen LogP contribution in [0, 0.1) is 0 Å². The van der Waals surface area contributed by atoms with Crippen molar-refractivity contribution in [1.82, 2.24) is 18.7 Å². The topological polar surface area (TPSA) is 124 Å². The summed E-state index contributed by atoms with van der Waals surface area (Å²) in [6.07, 6.45) is -1.64. The smallest absolute Gasteiger partial charge is 0.332 e. The molecular formula is C19H24ClN5O5. The fourth-order valence-electron chi connectivity index (χ4n) is 2.98. The lowest BCUT2D eigenvalue weighted by atomic mass is 10.3. The van der Waals surface area contributed by atoms with Crippen LogP contribution in [-0.4, -0.2) is 54.3 Å². The molecule has 2 heterocycles. The van der Waals surface area contributed by atoms with Crippen molar-refractivity contribution in [2.24, 2.45) is 14.1 Å². The molecule has 0 aliphatic rings. The molecule has 0 fully saturated rings. The van der Waals surface area contributed by atoms with Crippen LogP contribution in [-0.2, 0) is 20.6 Å². The fraction of sp³-hybridized carbons (Fsp3) is 0.421. The normalized spacial score (nSPS) is 13.4. The summed E-state index contributed by atoms with van der Waals surface area (Å²) in [5.41, 5.74) is -0.692. The third-order valence-electron chi connectivity index (χ3n) is 4.55. The molecule has 1 aromatic carbocycles. The van der Waals surface area contributed by atoms with Gasteiger partial charge >= 0.3 is 5.69 Å². The first-order valence-corrected chi connectivity index (χ1v) is 9.71. The monoisotopic (exact) mass is 437 g/mol. The van der Waals surface area contributed by atoms with Gasteiger partial charge in [-0.05, 0) is 31.2 Å². The van der Waals surface area contributed by atoms with E-state index < -0.39 is 23.5 Å². The van der Waals surface area contributed by atoms with Gasteiger partial charge in [0.1, 0.15) is 18.5 Å². The average Bonchev–Trinajstić information content (AvgIpc) is 3.07. The number of aliphatic hydroxyl groups excluding tert-OH is 2. The van der Waals surface area contributed by atoms with E-state index in [0.29, 0.717) is 10.8 Å². The number of halogens is 1. The highest BCUT2D eigenvalue weighted by atomic mass is 35.5. The molecule has 3 N–H and O–H groups in total. The van der Waals surface area contributed by atoms with Crippen LogP contribution in [0.25, 0.3) is 11.2 Å². The summed E-state index contributed by atoms with van der Waals surface area (Å²) in [5, 5.41) is 23.6. The minimum absolute atomic E-state index is 0.0142. The van der Waals surface area contributed by atoms with E-state index in [0.717, 1.165) is 4.57 Å². The highest BCUT2D eigenvalue weighted by Gasteiger charge is 2.21. The second-order valence-electron chi connectivity index (χ2n) is 7.07. The molecule has 3 rings (SSSR count). The lowest BCUT2D eigenvalue weighted by molar-refractivity contribution is 0.0938. The molecule has 0 aliphatic carbocycles. The molecule has 11 heteroatoms. The summed E-state index contributed by atoms with van der Waals surface area (Å²) in [6.45, 7) is 1.72. The zero-order valence-electron chi connectivity index (χ0n) is 16.9. The number of benzene rings is 1. The van der Waals surface area contributed by atoms with Gasteiger partial charge < -0.3 is 24.8 Å². The van der Waals surface area contributed by atoms with Crippen LogP contribution in [0.1, 0.15) is 6.92 Å². The van der Waals surface area contributed by atoms with E-state index in [1.54, 1.807) is 31.2 Å². The number of ether oxygens (including phenoxy) is 1. The summed E-state index contributed by atoms with van der Waals surface area (Å²) in [4.78, 5) is 29.3. The van der Waals surface area contributed by atoms with Crippen molar-refractivity contribution in [3.8, 4) is 5.75 Å². The van der Waals surface area contributed by atoms with Crippen LogP contribution in [0.3, 0.4) is 0 Å². The molecular weight excluding hydrogens is 414 g/mol. The first-order chi connectivity index (χ1) is 14.2. The van der Waals surface area contributed by atoms with Gasteiger partial charge in [-0.3, -0.25) is 13.9 Å². The molecule has 10 nitrogen and oxygen atoms in total. The van der Waals surface area contributed by atoms with E-state index in [2.05, 4.69) is 10.3 Å². The van der Waals surface area contributed by atoms with E-state index in [9.17, 15) is 19.8 Å². The maximum atomic E-state index is 12.8. The lowest BCUT2D eigenvalue weighted by Gasteiger charge is -2.16. The molecule has 3 aromatic rings. The van der Waals surface area contributed by atoms with Crippen molar-refractivity contribution in [1.29, 1.82) is 0 Å². The highest BCUT2D eigenvalue weighted by Crippen LogP contribution is 2.18. The number of hydrogen-bond acceptors (Lipinski definition) is 7. The molecule has 0 unspecified atom stereocenters. The van der Waals surface area contributed by atoms with Gasteiger partial charge in [0.05, 0.1) is 12.6 Å². The molecule has 0 spiro atoms. The van der Waals surface area contributed by atoms with Crippen molar-refractivity contribution in [2.45, 2.75) is 25.7 Å². The highest BCUT2D eigenvalue weighted by molar-refractivity contribution is 6.30. The van der Waals surface area contributed by atoms with Crippen molar-refractivity contribution in [3.63, 3.8) is 0 Å². The largest absolute Gasteiger partial charge is 0.491 e. The molecule has 0 saturated heterocycles. The van der Waals surface area contributed by atoms with Crippen molar-refractivity contribution in [2.75, 3.05) is 18.5 Å². The van der Waals surface area contributed by atoms with Gasteiger partial charge in [-0.2, -0.15) is 4.98 Å². The van der Waals surface area contributed by atoms with Crippen LogP contribution in [0.2, 0.25) is 5.02 Å². The predicted octanol–water partition coefficient (Wildman–Crippen LogP) is 0.320. The fourth-order valence-corrected chi connectivity index (χ4v) is 3.11. The Morgan fingerprint density at radius 1 is 1.17 bits per heavy atom. The maximum absolute atomic E-state index is 12.8. The van der Waals surface area contributed by atoms with Gasteiger partial charge in [0.15, 0.2) is 11.2 Å². The van der Waals surface area contributed by atoms with Crippen molar-refractivity contribution < 1.29 is 14.9 Å². The number of fused-ring (bicyclic) bond motifs is 1. The Kier molecular flexibility index (Phi) is 6.49. The van der Waals surface area contributed by atoms with E-state index in [4.69, 9.17) is 16.3 Å². The molecule has 162 valence electrons. The van der Waals surface area contributed by atoms with Crippen molar-refractivity contribution >= 4 is 28.7 Å². The minimum atomic E-state index is -0.980. The zero-order chi connectivity index (χ0) is 22.0. The van der Waals surface area contributed by atoms with Crippen LogP contribution in [0.4, 0.5) is 5.95 Å². The van der Waals surface area contributed by atoms with Crippen LogP contribution < -0.4 is 21.3 Å². The molecule has 0 radical (unpaired) electrons. The predicted molar refractivity (Wildman–Crippen MR) is 113 cm³/mol. The van der Waals surface area contributed by atoms with Gasteiger partial charge in [0.25, 0.3) is 5.56 Å². The second kappa shape index (κ2) is 8.90. The first kappa shape index (κ1) is 21.9. The lowest BCUT2D eigenvalue weighted by Crippen LogP contribution is -2.38. The average molecular weight is 438 g/mol. The molecule has 0 saturated carbocycles. The van der Waals surface area contributed by atoms with E-state index in [-0.39, 0.29) is 36.8 Å². The Morgan fingerprint density at radius 2 is 1.83 bits per heavy atom.